The zero-order valence-corrected chi connectivity index (χ0v) is 17.4. The van der Waals surface area contributed by atoms with Crippen molar-refractivity contribution in [2.24, 2.45) is 0 Å². The first kappa shape index (κ1) is 20.4. The van der Waals surface area contributed by atoms with Crippen molar-refractivity contribution in [2.75, 3.05) is 4.72 Å². The number of benzene rings is 3. The highest BCUT2D eigenvalue weighted by Gasteiger charge is 2.16. The van der Waals surface area contributed by atoms with Gasteiger partial charge in [0.25, 0.3) is 15.9 Å². The molecule has 0 fully saturated rings. The van der Waals surface area contributed by atoms with Gasteiger partial charge in [0.1, 0.15) is 0 Å². The maximum Gasteiger partial charge on any atom is 0.323 e. The van der Waals surface area contributed by atoms with E-state index < -0.39 is 15.7 Å². The van der Waals surface area contributed by atoms with Gasteiger partial charge in [0.2, 0.25) is 0 Å². The number of nitrogens with one attached hydrogen (secondary N) is 4. The van der Waals surface area contributed by atoms with Crippen molar-refractivity contribution in [3.05, 3.63) is 93.9 Å². The van der Waals surface area contributed by atoms with E-state index >= 15 is 0 Å². The zero-order chi connectivity index (χ0) is 22.0. The number of hydrogen-bond donors (Lipinski definition) is 4. The van der Waals surface area contributed by atoms with Crippen LogP contribution in [0.2, 0.25) is 0 Å². The van der Waals surface area contributed by atoms with Gasteiger partial charge in [0, 0.05) is 17.8 Å². The van der Waals surface area contributed by atoms with Gasteiger partial charge in [-0.1, -0.05) is 29.8 Å². The van der Waals surface area contributed by atoms with E-state index in [9.17, 15) is 18.0 Å². The number of carbonyl (C=O) groups is 1. The molecule has 31 heavy (non-hydrogen) atoms. The third kappa shape index (κ3) is 4.67. The molecule has 0 saturated heterocycles. The number of rotatable bonds is 6. The minimum Gasteiger partial charge on any atom is -0.348 e. The molecule has 0 atom stereocenters. The molecule has 0 aliphatic heterocycles. The average molecular weight is 436 g/mol. The Kier molecular flexibility index (Phi) is 5.35. The summed E-state index contributed by atoms with van der Waals surface area (Å²) in [5.41, 5.74) is 3.38. The molecule has 0 unspecified atom stereocenters. The predicted molar refractivity (Wildman–Crippen MR) is 119 cm³/mol. The smallest absolute Gasteiger partial charge is 0.323 e. The lowest BCUT2D eigenvalue weighted by Crippen LogP contribution is -2.22. The standard InChI is InChI=1S/C22H20N4O4S/c1-14-2-4-15(5-3-14)13-23-21(27)16-6-8-17(9-7-16)26-31(29,30)18-10-11-19-20(12-18)25-22(28)24-19/h2-12,26H,13H2,1H3,(H,23,27)(H2,24,25,28). The van der Waals surface area contributed by atoms with E-state index in [1.165, 1.54) is 30.3 Å². The normalized spacial score (nSPS) is 11.4. The Morgan fingerprint density at radius 3 is 2.29 bits per heavy atom. The summed E-state index contributed by atoms with van der Waals surface area (Å²) >= 11 is 0. The third-order valence-corrected chi connectivity index (χ3v) is 6.15. The van der Waals surface area contributed by atoms with Crippen molar-refractivity contribution < 1.29 is 13.2 Å². The summed E-state index contributed by atoms with van der Waals surface area (Å²) in [6, 6.07) is 18.3. The molecule has 0 radical (unpaired) electrons. The van der Waals surface area contributed by atoms with Crippen LogP contribution >= 0.6 is 0 Å². The highest BCUT2D eigenvalue weighted by molar-refractivity contribution is 7.92. The number of amides is 1. The van der Waals surface area contributed by atoms with Crippen LogP contribution in [0.15, 0.2) is 76.4 Å². The van der Waals surface area contributed by atoms with Crippen molar-refractivity contribution in [3.63, 3.8) is 0 Å². The van der Waals surface area contributed by atoms with E-state index in [4.69, 9.17) is 0 Å². The molecule has 4 aromatic rings. The second-order valence-corrected chi connectivity index (χ2v) is 8.82. The minimum absolute atomic E-state index is 0.00941. The van der Waals surface area contributed by atoms with Gasteiger partial charge in [0.15, 0.2) is 0 Å². The monoisotopic (exact) mass is 436 g/mol. The van der Waals surface area contributed by atoms with Gasteiger partial charge >= 0.3 is 5.69 Å². The number of aromatic amines is 2. The van der Waals surface area contributed by atoms with Gasteiger partial charge in [-0.2, -0.15) is 0 Å². The van der Waals surface area contributed by atoms with Gasteiger partial charge < -0.3 is 15.3 Å². The van der Waals surface area contributed by atoms with E-state index in [1.54, 1.807) is 12.1 Å². The first-order valence-electron chi connectivity index (χ1n) is 9.49. The maximum absolute atomic E-state index is 12.7. The highest BCUT2D eigenvalue weighted by Crippen LogP contribution is 2.19. The minimum atomic E-state index is -3.86. The topological polar surface area (TPSA) is 124 Å². The van der Waals surface area contributed by atoms with Crippen LogP contribution in [0.25, 0.3) is 11.0 Å². The van der Waals surface area contributed by atoms with Gasteiger partial charge in [0.05, 0.1) is 15.9 Å². The Labute approximate surface area is 178 Å². The van der Waals surface area contributed by atoms with Crippen LogP contribution in [0.4, 0.5) is 5.69 Å². The number of fused-ring (bicyclic) bond motifs is 1. The third-order valence-electron chi connectivity index (χ3n) is 4.77. The molecule has 1 amide bonds. The maximum atomic E-state index is 12.7. The van der Waals surface area contributed by atoms with Gasteiger partial charge in [-0.05, 0) is 55.0 Å². The van der Waals surface area contributed by atoms with Gasteiger partial charge in [-0.25, -0.2) is 13.2 Å². The number of anilines is 1. The van der Waals surface area contributed by atoms with Crippen molar-refractivity contribution in [1.82, 2.24) is 15.3 Å². The lowest BCUT2D eigenvalue weighted by atomic mass is 10.1. The SMILES string of the molecule is Cc1ccc(CNC(=O)c2ccc(NS(=O)(=O)c3ccc4[nH]c(=O)[nH]c4c3)cc2)cc1. The molecule has 0 aliphatic carbocycles. The molecule has 8 nitrogen and oxygen atoms in total. The number of H-pyrrole nitrogens is 2. The molecule has 158 valence electrons. The Bertz CT molecular complexity index is 1400. The number of imidazole rings is 1. The van der Waals surface area contributed by atoms with Crippen molar-refractivity contribution in [1.29, 1.82) is 0 Å². The Balaban J connectivity index is 1.43. The summed E-state index contributed by atoms with van der Waals surface area (Å²) in [5, 5.41) is 2.84. The Morgan fingerprint density at radius 1 is 0.903 bits per heavy atom. The molecule has 0 aliphatic rings. The Hall–Kier alpha value is -3.85. The second-order valence-electron chi connectivity index (χ2n) is 7.14. The molecule has 4 rings (SSSR count). The average Bonchev–Trinajstić information content (AvgIpc) is 3.12. The molecule has 0 spiro atoms. The second kappa shape index (κ2) is 8.11. The van der Waals surface area contributed by atoms with E-state index in [2.05, 4.69) is 20.0 Å². The number of aromatic nitrogens is 2. The summed E-state index contributed by atoms with van der Waals surface area (Å²) < 4.78 is 27.8. The molecule has 0 saturated carbocycles. The van der Waals surface area contributed by atoms with Crippen molar-refractivity contribution in [2.45, 2.75) is 18.4 Å². The summed E-state index contributed by atoms with van der Waals surface area (Å²) in [7, 11) is -3.86. The molecule has 3 aromatic carbocycles. The van der Waals surface area contributed by atoms with Crippen LogP contribution in [0.3, 0.4) is 0 Å². The van der Waals surface area contributed by atoms with Gasteiger partial charge in [-0.15, -0.1) is 0 Å². The first-order valence-corrected chi connectivity index (χ1v) is 11.0. The number of hydrogen-bond acceptors (Lipinski definition) is 4. The summed E-state index contributed by atoms with van der Waals surface area (Å²) in [6.45, 7) is 2.40. The zero-order valence-electron chi connectivity index (χ0n) is 16.6. The molecular formula is C22H20N4O4S. The van der Waals surface area contributed by atoms with Crippen LogP contribution in [-0.2, 0) is 16.6 Å². The lowest BCUT2D eigenvalue weighted by molar-refractivity contribution is 0.0951. The number of sulfonamides is 1. The van der Waals surface area contributed by atoms with Crippen LogP contribution in [0.5, 0.6) is 0 Å². The molecule has 1 aromatic heterocycles. The van der Waals surface area contributed by atoms with E-state index in [-0.39, 0.29) is 10.8 Å². The summed E-state index contributed by atoms with van der Waals surface area (Å²) in [6.07, 6.45) is 0. The van der Waals surface area contributed by atoms with Gasteiger partial charge in [-0.3, -0.25) is 9.52 Å². The van der Waals surface area contributed by atoms with E-state index in [0.29, 0.717) is 28.8 Å². The largest absolute Gasteiger partial charge is 0.348 e. The molecule has 9 heteroatoms. The van der Waals surface area contributed by atoms with Crippen LogP contribution in [0, 0.1) is 6.92 Å². The highest BCUT2D eigenvalue weighted by atomic mass is 32.2. The van der Waals surface area contributed by atoms with Crippen LogP contribution in [0.1, 0.15) is 21.5 Å². The summed E-state index contributed by atoms with van der Waals surface area (Å²) in [5.74, 6) is -0.253. The molecule has 1 heterocycles. The molecule has 4 N–H and O–H groups in total. The fourth-order valence-corrected chi connectivity index (χ4v) is 4.16. The fraction of sp³-hybridized carbons (Fsp3) is 0.0909. The Morgan fingerprint density at radius 2 is 1.58 bits per heavy atom. The number of aryl methyl sites for hydroxylation is 1. The molecular weight excluding hydrogens is 416 g/mol. The van der Waals surface area contributed by atoms with Crippen LogP contribution < -0.4 is 15.7 Å². The van der Waals surface area contributed by atoms with E-state index in [1.807, 2.05) is 31.2 Å². The predicted octanol–water partition coefficient (Wildman–Crippen LogP) is 2.90. The molecule has 0 bridgehead atoms. The van der Waals surface area contributed by atoms with Crippen LogP contribution in [-0.4, -0.2) is 24.3 Å². The van der Waals surface area contributed by atoms with E-state index in [0.717, 1.165) is 11.1 Å². The van der Waals surface area contributed by atoms with Crippen molar-refractivity contribution >= 4 is 32.7 Å². The first-order chi connectivity index (χ1) is 14.8. The fourth-order valence-electron chi connectivity index (χ4n) is 3.07. The number of carbonyl (C=O) groups excluding carboxylic acids is 1. The van der Waals surface area contributed by atoms with Crippen molar-refractivity contribution in [3.8, 4) is 0 Å². The lowest BCUT2D eigenvalue weighted by Gasteiger charge is -2.10. The summed E-state index contributed by atoms with van der Waals surface area (Å²) in [4.78, 5) is 28.8. The quantitative estimate of drug-likeness (QED) is 0.371.